The van der Waals surface area contributed by atoms with Gasteiger partial charge in [0, 0.05) is 6.42 Å². The van der Waals surface area contributed by atoms with Crippen LogP contribution in [-0.4, -0.2) is 46.9 Å². The number of carbonyl (C=O) groups is 2. The van der Waals surface area contributed by atoms with E-state index in [0.717, 1.165) is 77.0 Å². The topological polar surface area (TPSA) is 95.9 Å². The highest BCUT2D eigenvalue weighted by atomic mass is 16.5. The summed E-state index contributed by atoms with van der Waals surface area (Å²) in [6, 6.07) is -0.717. The van der Waals surface area contributed by atoms with Gasteiger partial charge in [0.25, 0.3) is 0 Å². The molecule has 0 saturated carbocycles. The maximum Gasteiger partial charge on any atom is 0.306 e. The lowest BCUT2D eigenvalue weighted by molar-refractivity contribution is -0.151. The van der Waals surface area contributed by atoms with E-state index in [-0.39, 0.29) is 24.9 Å². The molecule has 0 aromatic rings. The van der Waals surface area contributed by atoms with Gasteiger partial charge in [0.15, 0.2) is 0 Å². The number of ether oxygens (including phenoxy) is 1. The molecular formula is C57H105NO5. The Balaban J connectivity index is 4.59. The summed E-state index contributed by atoms with van der Waals surface area (Å²) >= 11 is 0. The lowest BCUT2D eigenvalue weighted by Gasteiger charge is -2.24. The molecule has 6 nitrogen and oxygen atoms in total. The summed E-state index contributed by atoms with van der Waals surface area (Å²) in [6.45, 7) is 6.38. The second kappa shape index (κ2) is 50.8. The van der Waals surface area contributed by atoms with Crippen LogP contribution in [-0.2, 0) is 14.3 Å². The average molecular weight is 884 g/mol. The minimum absolute atomic E-state index is 0.0424. The summed E-state index contributed by atoms with van der Waals surface area (Å²) in [7, 11) is 0. The van der Waals surface area contributed by atoms with E-state index >= 15 is 0 Å². The fourth-order valence-corrected chi connectivity index (χ4v) is 8.29. The minimum atomic E-state index is -0.801. The maximum absolute atomic E-state index is 13.2. The van der Waals surface area contributed by atoms with E-state index in [1.165, 1.54) is 154 Å². The molecule has 3 atom stereocenters. The van der Waals surface area contributed by atoms with Gasteiger partial charge in [0.05, 0.1) is 25.2 Å². The lowest BCUT2D eigenvalue weighted by atomic mass is 10.0. The van der Waals surface area contributed by atoms with Crippen molar-refractivity contribution in [1.82, 2.24) is 5.32 Å². The molecule has 0 aromatic heterocycles. The van der Waals surface area contributed by atoms with Crippen LogP contribution in [0.15, 0.2) is 48.6 Å². The minimum Gasteiger partial charge on any atom is -0.462 e. The van der Waals surface area contributed by atoms with Crippen LogP contribution in [0.1, 0.15) is 278 Å². The molecular weight excluding hydrogens is 779 g/mol. The van der Waals surface area contributed by atoms with E-state index in [1.54, 1.807) is 0 Å². The monoisotopic (exact) mass is 884 g/mol. The number of hydrogen-bond acceptors (Lipinski definition) is 5. The Morgan fingerprint density at radius 3 is 1.41 bits per heavy atom. The van der Waals surface area contributed by atoms with Gasteiger partial charge in [0.2, 0.25) is 5.91 Å². The zero-order chi connectivity index (χ0) is 45.9. The van der Waals surface area contributed by atoms with Gasteiger partial charge in [-0.3, -0.25) is 9.59 Å². The number of unbranched alkanes of at least 4 members (excludes halogenated alkanes) is 30. The van der Waals surface area contributed by atoms with Crippen LogP contribution < -0.4 is 5.32 Å². The first-order chi connectivity index (χ1) is 31.0. The van der Waals surface area contributed by atoms with Gasteiger partial charge >= 0.3 is 5.97 Å². The van der Waals surface area contributed by atoms with Crippen LogP contribution in [0.3, 0.4) is 0 Å². The van der Waals surface area contributed by atoms with Gasteiger partial charge in [-0.15, -0.1) is 0 Å². The van der Waals surface area contributed by atoms with E-state index in [0.29, 0.717) is 19.3 Å². The predicted molar refractivity (Wildman–Crippen MR) is 273 cm³/mol. The van der Waals surface area contributed by atoms with Crippen LogP contribution >= 0.6 is 0 Å². The molecule has 368 valence electrons. The summed E-state index contributed by atoms with van der Waals surface area (Å²) in [5.41, 5.74) is 0. The Hall–Kier alpha value is -2.18. The molecule has 0 saturated heterocycles. The average Bonchev–Trinajstić information content (AvgIpc) is 3.28. The van der Waals surface area contributed by atoms with E-state index in [4.69, 9.17) is 4.74 Å². The molecule has 0 aliphatic rings. The summed E-state index contributed by atoms with van der Waals surface area (Å²) in [6.07, 6.45) is 61.8. The third kappa shape index (κ3) is 46.2. The van der Waals surface area contributed by atoms with Gasteiger partial charge < -0.3 is 20.3 Å². The Morgan fingerprint density at radius 1 is 0.492 bits per heavy atom. The van der Waals surface area contributed by atoms with Crippen molar-refractivity contribution in [1.29, 1.82) is 0 Å². The van der Waals surface area contributed by atoms with Crippen LogP contribution in [0.4, 0.5) is 0 Å². The molecule has 0 aromatic carbocycles. The summed E-state index contributed by atoms with van der Waals surface area (Å²) in [4.78, 5) is 26.2. The fraction of sp³-hybridized carbons (Fsp3) is 0.825. The smallest absolute Gasteiger partial charge is 0.306 e. The van der Waals surface area contributed by atoms with Crippen molar-refractivity contribution >= 4 is 11.9 Å². The van der Waals surface area contributed by atoms with Gasteiger partial charge in [-0.1, -0.05) is 243 Å². The Kier molecular flexibility index (Phi) is 49.1. The van der Waals surface area contributed by atoms with E-state index in [1.807, 2.05) is 0 Å². The highest BCUT2D eigenvalue weighted by Crippen LogP contribution is 2.17. The highest BCUT2D eigenvalue weighted by molar-refractivity contribution is 5.77. The molecule has 0 fully saturated rings. The second-order valence-corrected chi connectivity index (χ2v) is 18.6. The number of rotatable bonds is 49. The molecule has 63 heavy (non-hydrogen) atoms. The third-order valence-corrected chi connectivity index (χ3v) is 12.4. The highest BCUT2D eigenvalue weighted by Gasteiger charge is 2.24. The maximum atomic E-state index is 13.2. The number of amides is 1. The van der Waals surface area contributed by atoms with Crippen molar-refractivity contribution in [3.05, 3.63) is 48.6 Å². The Morgan fingerprint density at radius 2 is 0.921 bits per heavy atom. The first-order valence-corrected chi connectivity index (χ1v) is 27.4. The predicted octanol–water partition coefficient (Wildman–Crippen LogP) is 16.6. The lowest BCUT2D eigenvalue weighted by Crippen LogP contribution is -2.46. The first kappa shape index (κ1) is 60.8. The van der Waals surface area contributed by atoms with Crippen molar-refractivity contribution in [2.24, 2.45) is 0 Å². The zero-order valence-corrected chi connectivity index (χ0v) is 42.0. The van der Waals surface area contributed by atoms with Crippen molar-refractivity contribution in [3.63, 3.8) is 0 Å². The van der Waals surface area contributed by atoms with E-state index in [2.05, 4.69) is 74.7 Å². The molecule has 0 aliphatic carbocycles. The van der Waals surface area contributed by atoms with E-state index in [9.17, 15) is 19.8 Å². The fourth-order valence-electron chi connectivity index (χ4n) is 8.29. The molecule has 0 aliphatic heterocycles. The number of esters is 1. The molecule has 3 N–H and O–H groups in total. The van der Waals surface area contributed by atoms with Crippen molar-refractivity contribution in [2.75, 3.05) is 6.61 Å². The van der Waals surface area contributed by atoms with Gasteiger partial charge in [-0.05, 0) is 70.6 Å². The number of nitrogens with one attached hydrogen (secondary N) is 1. The molecule has 0 spiro atoms. The molecule has 1 amide bonds. The number of allylic oxidation sites excluding steroid dienone is 8. The van der Waals surface area contributed by atoms with Crippen LogP contribution in [0.5, 0.6) is 0 Å². The third-order valence-electron chi connectivity index (χ3n) is 12.4. The number of aliphatic hydroxyl groups excluding tert-OH is 2. The molecule has 3 unspecified atom stereocenters. The van der Waals surface area contributed by atoms with E-state index < -0.39 is 18.2 Å². The standard InChI is InChI=1S/C57H105NO5/c1-4-7-10-13-16-19-22-25-28-29-31-34-37-40-43-46-49-55(60)54(52-59)58-56(61)51-53(48-45-42-39-36-33-30-26-23-20-17-14-11-8-5-2)63-57(62)50-47-44-41-38-35-32-27-24-21-18-15-12-9-6-3/h9,12,18,21,30,33,36,39,53-55,59-60H,4-8,10-11,13-17,19-20,22-29,31-32,34-35,37-38,40-52H2,1-3H3,(H,58,61)/b12-9+,21-18+,33-30+,39-36+. The number of aliphatic hydroxyl groups is 2. The Bertz CT molecular complexity index is 1080. The van der Waals surface area contributed by atoms with Crippen molar-refractivity contribution < 1.29 is 24.5 Å². The molecule has 0 rings (SSSR count). The van der Waals surface area contributed by atoms with Crippen molar-refractivity contribution in [2.45, 2.75) is 296 Å². The molecule has 0 bridgehead atoms. The first-order valence-electron chi connectivity index (χ1n) is 27.4. The summed E-state index contributed by atoms with van der Waals surface area (Å²) in [5.74, 6) is -0.523. The van der Waals surface area contributed by atoms with Crippen molar-refractivity contribution in [3.8, 4) is 0 Å². The normalized spacial score (nSPS) is 13.5. The largest absolute Gasteiger partial charge is 0.462 e. The number of hydrogen-bond donors (Lipinski definition) is 3. The van der Waals surface area contributed by atoms with Crippen LogP contribution in [0.2, 0.25) is 0 Å². The second-order valence-electron chi connectivity index (χ2n) is 18.6. The van der Waals surface area contributed by atoms with Crippen LogP contribution in [0, 0.1) is 0 Å². The van der Waals surface area contributed by atoms with Gasteiger partial charge in [-0.25, -0.2) is 0 Å². The SMILES string of the molecule is CC/C=C/C/C=C/CCCCCCCCCC(=O)OC(CCC/C=C/C=C/CCCCCCCCC)CC(=O)NC(CO)C(O)CCCCCCCCCCCCCCCCCC. The quantitative estimate of drug-likeness (QED) is 0.0245. The summed E-state index contributed by atoms with van der Waals surface area (Å²) < 4.78 is 5.91. The Labute approximate surface area is 391 Å². The van der Waals surface area contributed by atoms with Gasteiger partial charge in [0.1, 0.15) is 6.10 Å². The van der Waals surface area contributed by atoms with Gasteiger partial charge in [-0.2, -0.15) is 0 Å². The summed E-state index contributed by atoms with van der Waals surface area (Å²) in [5, 5.41) is 23.8. The van der Waals surface area contributed by atoms with Crippen LogP contribution in [0.25, 0.3) is 0 Å². The zero-order valence-electron chi connectivity index (χ0n) is 42.0. The number of carbonyl (C=O) groups excluding carboxylic acids is 2. The molecule has 0 radical (unpaired) electrons. The molecule has 6 heteroatoms. The molecule has 0 heterocycles.